The van der Waals surface area contributed by atoms with Crippen molar-refractivity contribution in [2.75, 3.05) is 0 Å². The van der Waals surface area contributed by atoms with Crippen LogP contribution in [0, 0.1) is 20.8 Å². The van der Waals surface area contributed by atoms with E-state index >= 15 is 0 Å². The first-order valence-corrected chi connectivity index (χ1v) is 11.6. The number of nitrogens with zero attached hydrogens (tertiary/aromatic N) is 2. The molecule has 0 N–H and O–H groups in total. The van der Waals surface area contributed by atoms with Crippen LogP contribution in [-0.4, -0.2) is 9.97 Å². The van der Waals surface area contributed by atoms with Gasteiger partial charge in [0.2, 0.25) is 0 Å². The molecule has 0 spiro atoms. The first-order chi connectivity index (χ1) is 16.5. The van der Waals surface area contributed by atoms with E-state index in [1.807, 2.05) is 31.2 Å². The van der Waals surface area contributed by atoms with Crippen LogP contribution in [0.5, 0.6) is 0 Å². The van der Waals surface area contributed by atoms with Crippen molar-refractivity contribution >= 4 is 5.57 Å². The topological polar surface area (TPSA) is 25.8 Å². The van der Waals surface area contributed by atoms with Gasteiger partial charge in [-0.15, -0.1) is 0 Å². The van der Waals surface area contributed by atoms with Crippen LogP contribution in [0.15, 0.2) is 104 Å². The van der Waals surface area contributed by atoms with E-state index in [-0.39, 0.29) is 0 Å². The third-order valence-electron chi connectivity index (χ3n) is 5.95. The molecule has 0 amide bonds. The minimum Gasteiger partial charge on any atom is -0.228 e. The Balaban J connectivity index is 1.98. The van der Waals surface area contributed by atoms with E-state index in [0.717, 1.165) is 56.2 Å². The summed E-state index contributed by atoms with van der Waals surface area (Å²) >= 11 is 0. The molecule has 0 radical (unpaired) electrons. The molecule has 0 unspecified atom stereocenters. The molecule has 2 heteroatoms. The molecule has 0 saturated carbocycles. The van der Waals surface area contributed by atoms with E-state index in [1.54, 1.807) is 0 Å². The standard InChI is InChI=1S/C32H30N2/c1-6-8-15-25(7-2)27-19-22(3)20-28(21-27)32-33-30(26-16-10-9-11-17-26)24(5)31(34-32)29-18-13-12-14-23(29)4/h6-21H,2H2,1,3-5H3/b8-6-,25-15+. The summed E-state index contributed by atoms with van der Waals surface area (Å²) in [7, 11) is 0. The molecule has 0 fully saturated rings. The molecular formula is C32H30N2. The van der Waals surface area contributed by atoms with Gasteiger partial charge < -0.3 is 0 Å². The molecule has 2 nitrogen and oxygen atoms in total. The van der Waals surface area contributed by atoms with Gasteiger partial charge in [0.25, 0.3) is 0 Å². The number of hydrogen-bond donors (Lipinski definition) is 0. The minimum atomic E-state index is 0.724. The van der Waals surface area contributed by atoms with Crippen molar-refractivity contribution in [2.45, 2.75) is 27.7 Å². The molecule has 4 rings (SSSR count). The average molecular weight is 443 g/mol. The number of benzene rings is 3. The van der Waals surface area contributed by atoms with Crippen molar-refractivity contribution in [1.82, 2.24) is 9.97 Å². The average Bonchev–Trinajstić information content (AvgIpc) is 2.85. The highest BCUT2D eigenvalue weighted by molar-refractivity contribution is 5.80. The van der Waals surface area contributed by atoms with Gasteiger partial charge >= 0.3 is 0 Å². The first-order valence-electron chi connectivity index (χ1n) is 11.6. The number of allylic oxidation sites excluding steroid dienone is 5. The second-order valence-electron chi connectivity index (χ2n) is 8.49. The predicted molar refractivity (Wildman–Crippen MR) is 146 cm³/mol. The Morgan fingerprint density at radius 2 is 1.50 bits per heavy atom. The lowest BCUT2D eigenvalue weighted by Crippen LogP contribution is -2.01. The summed E-state index contributed by atoms with van der Waals surface area (Å²) in [5, 5.41) is 0. The van der Waals surface area contributed by atoms with Gasteiger partial charge in [-0.1, -0.05) is 91.5 Å². The van der Waals surface area contributed by atoms with Crippen LogP contribution >= 0.6 is 0 Å². The number of hydrogen-bond acceptors (Lipinski definition) is 2. The zero-order chi connectivity index (χ0) is 24.1. The molecule has 4 aromatic rings. The van der Waals surface area contributed by atoms with Crippen molar-refractivity contribution in [1.29, 1.82) is 0 Å². The maximum Gasteiger partial charge on any atom is 0.160 e. The molecule has 0 bridgehead atoms. The molecule has 168 valence electrons. The molecule has 0 aliphatic heterocycles. The largest absolute Gasteiger partial charge is 0.228 e. The van der Waals surface area contributed by atoms with Crippen LogP contribution < -0.4 is 0 Å². The van der Waals surface area contributed by atoms with Crippen LogP contribution in [0.2, 0.25) is 0 Å². The molecule has 0 atom stereocenters. The van der Waals surface area contributed by atoms with Gasteiger partial charge in [0.1, 0.15) is 0 Å². The quantitative estimate of drug-likeness (QED) is 0.280. The monoisotopic (exact) mass is 442 g/mol. The Morgan fingerprint density at radius 1 is 0.794 bits per heavy atom. The van der Waals surface area contributed by atoms with Crippen LogP contribution in [0.3, 0.4) is 0 Å². The first kappa shape index (κ1) is 23.1. The van der Waals surface area contributed by atoms with Gasteiger partial charge in [0.05, 0.1) is 11.4 Å². The highest BCUT2D eigenvalue weighted by Crippen LogP contribution is 2.34. The van der Waals surface area contributed by atoms with Crippen LogP contribution in [0.1, 0.15) is 29.2 Å². The summed E-state index contributed by atoms with van der Waals surface area (Å²) in [4.78, 5) is 10.2. The molecule has 34 heavy (non-hydrogen) atoms. The Hall–Kier alpha value is -4.04. The summed E-state index contributed by atoms with van der Waals surface area (Å²) in [5.74, 6) is 0.724. The molecule has 0 aliphatic carbocycles. The number of aromatic nitrogens is 2. The van der Waals surface area contributed by atoms with Gasteiger partial charge in [0.15, 0.2) is 5.82 Å². The second kappa shape index (κ2) is 10.3. The Bertz CT molecular complexity index is 1390. The smallest absolute Gasteiger partial charge is 0.160 e. The SMILES string of the molecule is C=C/C(=C\C=C/C)c1cc(C)cc(-c2nc(-c3ccccc3)c(C)c(-c3ccccc3C)n2)c1. The number of rotatable bonds is 6. The molecule has 0 aliphatic rings. The van der Waals surface area contributed by atoms with Crippen LogP contribution in [-0.2, 0) is 0 Å². The van der Waals surface area contributed by atoms with E-state index < -0.39 is 0 Å². The van der Waals surface area contributed by atoms with Crippen molar-refractivity contribution in [3.8, 4) is 33.9 Å². The van der Waals surface area contributed by atoms with E-state index in [0.29, 0.717) is 0 Å². The van der Waals surface area contributed by atoms with Crippen molar-refractivity contribution in [3.05, 3.63) is 126 Å². The summed E-state index contributed by atoms with van der Waals surface area (Å²) in [5.41, 5.74) is 10.8. The fraction of sp³-hybridized carbons (Fsp3) is 0.125. The molecule has 0 saturated heterocycles. The van der Waals surface area contributed by atoms with Crippen molar-refractivity contribution in [3.63, 3.8) is 0 Å². The third-order valence-corrected chi connectivity index (χ3v) is 5.95. The molecule has 1 heterocycles. The van der Waals surface area contributed by atoms with E-state index in [4.69, 9.17) is 9.97 Å². The highest BCUT2D eigenvalue weighted by Gasteiger charge is 2.17. The molecule has 3 aromatic carbocycles. The normalized spacial score (nSPS) is 11.7. The zero-order valence-electron chi connectivity index (χ0n) is 20.3. The lowest BCUT2D eigenvalue weighted by molar-refractivity contribution is 1.14. The third kappa shape index (κ3) is 4.82. The second-order valence-corrected chi connectivity index (χ2v) is 8.49. The van der Waals surface area contributed by atoms with Crippen LogP contribution in [0.4, 0.5) is 0 Å². The van der Waals surface area contributed by atoms with Gasteiger partial charge in [-0.3, -0.25) is 0 Å². The summed E-state index contributed by atoms with van der Waals surface area (Å²) in [6.45, 7) is 12.4. The van der Waals surface area contributed by atoms with E-state index in [9.17, 15) is 0 Å². The summed E-state index contributed by atoms with van der Waals surface area (Å²) in [6, 6.07) is 25.2. The number of aryl methyl sites for hydroxylation is 2. The lowest BCUT2D eigenvalue weighted by atomic mass is 9.96. The summed E-state index contributed by atoms with van der Waals surface area (Å²) < 4.78 is 0. The van der Waals surface area contributed by atoms with E-state index in [2.05, 4.69) is 100 Å². The highest BCUT2D eigenvalue weighted by atomic mass is 14.9. The minimum absolute atomic E-state index is 0.724. The fourth-order valence-corrected chi connectivity index (χ4v) is 4.18. The fourth-order valence-electron chi connectivity index (χ4n) is 4.18. The Kier molecular flexibility index (Phi) is 6.98. The van der Waals surface area contributed by atoms with Crippen molar-refractivity contribution < 1.29 is 0 Å². The molecule has 1 aromatic heterocycles. The maximum atomic E-state index is 5.12. The maximum absolute atomic E-state index is 5.12. The van der Waals surface area contributed by atoms with Gasteiger partial charge in [0, 0.05) is 22.3 Å². The van der Waals surface area contributed by atoms with Gasteiger partial charge in [-0.2, -0.15) is 0 Å². The Morgan fingerprint density at radius 3 is 2.21 bits per heavy atom. The predicted octanol–water partition coefficient (Wildman–Crippen LogP) is 8.55. The lowest BCUT2D eigenvalue weighted by Gasteiger charge is -2.16. The van der Waals surface area contributed by atoms with Gasteiger partial charge in [-0.25, -0.2) is 9.97 Å². The van der Waals surface area contributed by atoms with Crippen LogP contribution in [0.25, 0.3) is 39.5 Å². The Labute approximate surface area is 203 Å². The van der Waals surface area contributed by atoms with Crippen molar-refractivity contribution in [2.24, 2.45) is 0 Å². The van der Waals surface area contributed by atoms with Gasteiger partial charge in [-0.05, 0) is 62.1 Å². The van der Waals surface area contributed by atoms with E-state index in [1.165, 1.54) is 5.56 Å². The zero-order valence-corrected chi connectivity index (χ0v) is 20.3. The molecular weight excluding hydrogens is 412 g/mol. The summed E-state index contributed by atoms with van der Waals surface area (Å²) in [6.07, 6.45) is 8.02.